The van der Waals surface area contributed by atoms with Gasteiger partial charge >= 0.3 is 5.97 Å². The Morgan fingerprint density at radius 2 is 2.12 bits per heavy atom. The van der Waals surface area contributed by atoms with Crippen LogP contribution in [-0.4, -0.2) is 47.8 Å². The number of rotatable bonds is 8. The first-order chi connectivity index (χ1) is 19.0. The summed E-state index contributed by atoms with van der Waals surface area (Å²) in [5.74, 6) is 2.34. The van der Waals surface area contributed by atoms with E-state index in [-0.39, 0.29) is 16.8 Å². The summed E-state index contributed by atoms with van der Waals surface area (Å²) in [5, 5.41) is 0. The molecule has 0 unspecified atom stereocenters. The Kier molecular flexibility index (Phi) is 8.06. The van der Waals surface area contributed by atoms with Crippen LogP contribution in [0.1, 0.15) is 76.7 Å². The summed E-state index contributed by atoms with van der Waals surface area (Å²) in [6, 6.07) is 1.76. The molecule has 1 aliphatic heterocycles. The van der Waals surface area contributed by atoms with Crippen molar-refractivity contribution in [2.75, 3.05) is 42.4 Å². The van der Waals surface area contributed by atoms with Crippen LogP contribution in [0.4, 0.5) is 17.3 Å². The van der Waals surface area contributed by atoms with Gasteiger partial charge in [-0.1, -0.05) is 38.5 Å². The molecule has 2 aliphatic carbocycles. The van der Waals surface area contributed by atoms with E-state index in [1.807, 2.05) is 7.05 Å². The number of hydrogen-bond acceptors (Lipinski definition) is 7. The number of esters is 1. The lowest BCUT2D eigenvalue weighted by Gasteiger charge is -2.58. The molecule has 2 aromatic heterocycles. The third-order valence-corrected chi connectivity index (χ3v) is 10.7. The molecule has 216 valence electrons. The van der Waals surface area contributed by atoms with E-state index in [0.717, 1.165) is 54.9 Å². The highest BCUT2D eigenvalue weighted by Crippen LogP contribution is 2.62. The highest BCUT2D eigenvalue weighted by Gasteiger charge is 2.53. The second kappa shape index (κ2) is 11.2. The number of nitrogens with zero attached hydrogens (tertiary/aromatic N) is 4. The van der Waals surface area contributed by atoms with E-state index in [4.69, 9.17) is 10.5 Å². The van der Waals surface area contributed by atoms with Crippen molar-refractivity contribution in [2.24, 2.45) is 22.7 Å². The number of aromatic nitrogens is 3. The Morgan fingerprint density at radius 3 is 2.88 bits per heavy atom. The molecular formula is C31H43BrN6O2. The third-order valence-electron chi connectivity index (χ3n) is 10.2. The second-order valence-electron chi connectivity index (χ2n) is 12.6. The molecule has 3 N–H and O–H groups in total. The average molecular weight is 612 g/mol. The second-order valence-corrected chi connectivity index (χ2v) is 13.5. The molecule has 0 bridgehead atoms. The number of carbonyl (C=O) groups is 1. The van der Waals surface area contributed by atoms with Crippen LogP contribution in [0, 0.1) is 22.7 Å². The van der Waals surface area contributed by atoms with Crippen molar-refractivity contribution in [1.82, 2.24) is 15.0 Å². The molecule has 3 aliphatic rings. The topological polar surface area (TPSA) is 100 Å². The van der Waals surface area contributed by atoms with Crippen molar-refractivity contribution in [2.45, 2.75) is 66.2 Å². The van der Waals surface area contributed by atoms with Crippen LogP contribution < -0.4 is 15.5 Å². The molecule has 3 heterocycles. The molecule has 0 spiro atoms. The fraction of sp³-hybridized carbons (Fsp3) is 0.581. The van der Waals surface area contributed by atoms with Gasteiger partial charge in [-0.2, -0.15) is 0 Å². The highest BCUT2D eigenvalue weighted by atomic mass is 79.9. The number of allylic oxidation sites excluding steroid dienone is 2. The number of carbonyl (C=O) groups excluding carboxylic acids is 1. The number of anilines is 3. The Balaban J connectivity index is 1.24. The van der Waals surface area contributed by atoms with Crippen molar-refractivity contribution >= 4 is 39.2 Å². The number of hydrogen-bond donors (Lipinski definition) is 2. The first-order valence-corrected chi connectivity index (χ1v) is 15.2. The van der Waals surface area contributed by atoms with Crippen molar-refractivity contribution in [1.29, 1.82) is 0 Å². The summed E-state index contributed by atoms with van der Waals surface area (Å²) < 4.78 is 6.66. The molecule has 0 aromatic carbocycles. The summed E-state index contributed by atoms with van der Waals surface area (Å²) in [5.41, 5.74) is 10.6. The van der Waals surface area contributed by atoms with Crippen LogP contribution in [0.3, 0.4) is 0 Å². The first kappa shape index (κ1) is 28.7. The van der Waals surface area contributed by atoms with E-state index in [0.29, 0.717) is 30.0 Å². The van der Waals surface area contributed by atoms with Gasteiger partial charge < -0.3 is 25.3 Å². The van der Waals surface area contributed by atoms with Gasteiger partial charge in [0.15, 0.2) is 11.6 Å². The lowest BCUT2D eigenvalue weighted by atomic mass is 9.47. The van der Waals surface area contributed by atoms with Crippen molar-refractivity contribution in [3.05, 3.63) is 52.1 Å². The van der Waals surface area contributed by atoms with E-state index in [1.54, 1.807) is 12.3 Å². The maximum Gasteiger partial charge on any atom is 0.355 e. The predicted molar refractivity (Wildman–Crippen MR) is 164 cm³/mol. The summed E-state index contributed by atoms with van der Waals surface area (Å²) in [7, 11) is 2.04. The minimum Gasteiger partial charge on any atom is -0.456 e. The monoisotopic (exact) mass is 610 g/mol. The van der Waals surface area contributed by atoms with Crippen LogP contribution in [0.5, 0.6) is 0 Å². The first-order valence-electron chi connectivity index (χ1n) is 14.5. The quantitative estimate of drug-likeness (QED) is 0.252. The van der Waals surface area contributed by atoms with E-state index in [1.165, 1.54) is 30.3 Å². The number of aromatic amines is 1. The molecule has 9 heteroatoms. The third kappa shape index (κ3) is 5.29. The summed E-state index contributed by atoms with van der Waals surface area (Å²) in [6.45, 7) is 11.6. The van der Waals surface area contributed by atoms with Crippen LogP contribution in [-0.2, 0) is 4.74 Å². The number of nitrogen functional groups attached to an aromatic ring is 1. The standard InChI is InChI=1S/C31H43BrN6O2/c1-20(11-14-38-19-37(5)28-26(38)27(33)35-18-36-28)9-12-30(3)21(2)10-13-31(4)22(7-6-8-25(30)31)17-40-29(39)24-15-23(32)16-34-24/h7,11,15-16,18,21,25,34H,6,8-10,12-14,17,19H2,1-5H3,(H2,33,35,36)/b20-11+/t21-,25-,30+,31-/m0/s1. The summed E-state index contributed by atoms with van der Waals surface area (Å²) >= 11 is 3.39. The molecule has 0 radical (unpaired) electrons. The molecule has 2 aromatic rings. The molecule has 0 amide bonds. The van der Waals surface area contributed by atoms with E-state index >= 15 is 0 Å². The van der Waals surface area contributed by atoms with Gasteiger partial charge in [0.25, 0.3) is 0 Å². The molecule has 1 fully saturated rings. The maximum atomic E-state index is 12.7. The number of nitrogens with two attached hydrogens (primary N) is 1. The van der Waals surface area contributed by atoms with Crippen LogP contribution in [0.15, 0.2) is 46.4 Å². The number of ether oxygens (including phenoxy) is 1. The van der Waals surface area contributed by atoms with Gasteiger partial charge in [-0.25, -0.2) is 14.8 Å². The van der Waals surface area contributed by atoms with Crippen molar-refractivity contribution in [3.8, 4) is 0 Å². The van der Waals surface area contributed by atoms with Gasteiger partial charge in [0, 0.05) is 24.3 Å². The fourth-order valence-corrected chi connectivity index (χ4v) is 7.82. The van der Waals surface area contributed by atoms with Gasteiger partial charge in [-0.3, -0.25) is 0 Å². The maximum absolute atomic E-state index is 12.7. The van der Waals surface area contributed by atoms with Crippen molar-refractivity contribution < 1.29 is 9.53 Å². The van der Waals surface area contributed by atoms with Crippen LogP contribution in [0.25, 0.3) is 0 Å². The zero-order valence-corrected chi connectivity index (χ0v) is 26.1. The fourth-order valence-electron chi connectivity index (χ4n) is 7.48. The number of fused-ring (bicyclic) bond motifs is 2. The smallest absolute Gasteiger partial charge is 0.355 e. The Bertz CT molecular complexity index is 1320. The Morgan fingerprint density at radius 1 is 1.32 bits per heavy atom. The number of nitrogens with one attached hydrogen (secondary N) is 1. The zero-order chi connectivity index (χ0) is 28.7. The Labute approximate surface area is 246 Å². The molecular weight excluding hydrogens is 568 g/mol. The summed E-state index contributed by atoms with van der Waals surface area (Å²) in [6.07, 6.45) is 14.8. The largest absolute Gasteiger partial charge is 0.456 e. The molecule has 5 rings (SSSR count). The molecule has 4 atom stereocenters. The van der Waals surface area contributed by atoms with Crippen LogP contribution >= 0.6 is 15.9 Å². The van der Waals surface area contributed by atoms with Crippen LogP contribution in [0.2, 0.25) is 0 Å². The average Bonchev–Trinajstić information content (AvgIpc) is 3.51. The Hall–Kier alpha value is -2.81. The van der Waals surface area contributed by atoms with Gasteiger partial charge in [0.05, 0.1) is 6.67 Å². The van der Waals surface area contributed by atoms with Gasteiger partial charge in [0.1, 0.15) is 24.3 Å². The SMILES string of the molecule is C/C(=C\CN1CN(C)c2ncnc(N)c21)CC[C@]1(C)[C@@H](C)CC[C@@]2(C)C(COC(=O)c3cc(Br)c[nH]3)=CCC[C@@H]12. The summed E-state index contributed by atoms with van der Waals surface area (Å²) in [4.78, 5) is 28.6. The lowest BCUT2D eigenvalue weighted by molar-refractivity contribution is -0.0516. The molecule has 8 nitrogen and oxygen atoms in total. The number of H-pyrrole nitrogens is 1. The minimum atomic E-state index is -0.301. The molecule has 40 heavy (non-hydrogen) atoms. The zero-order valence-electron chi connectivity index (χ0n) is 24.5. The van der Waals surface area contributed by atoms with E-state index in [2.05, 4.69) is 80.5 Å². The van der Waals surface area contributed by atoms with E-state index < -0.39 is 0 Å². The van der Waals surface area contributed by atoms with Gasteiger partial charge in [0.2, 0.25) is 0 Å². The molecule has 0 saturated heterocycles. The number of halogens is 1. The molecule has 1 saturated carbocycles. The lowest BCUT2D eigenvalue weighted by Crippen LogP contribution is -2.50. The predicted octanol–water partition coefficient (Wildman–Crippen LogP) is 6.73. The van der Waals surface area contributed by atoms with Gasteiger partial charge in [-0.15, -0.1) is 0 Å². The van der Waals surface area contributed by atoms with Gasteiger partial charge in [-0.05, 0) is 95.7 Å². The van der Waals surface area contributed by atoms with E-state index in [9.17, 15) is 4.79 Å². The van der Waals surface area contributed by atoms with Crippen molar-refractivity contribution in [3.63, 3.8) is 0 Å². The normalized spacial score (nSPS) is 28.2. The minimum absolute atomic E-state index is 0.0507. The highest BCUT2D eigenvalue weighted by molar-refractivity contribution is 9.10.